The average Bonchev–Trinajstić information content (AvgIpc) is 0.789. The fourth-order valence-corrected chi connectivity index (χ4v) is 22.4. The molecular formula is C78H56F10N4O4S2Si2. The van der Waals surface area contributed by atoms with Crippen molar-refractivity contribution in [2.75, 3.05) is 13.1 Å². The van der Waals surface area contributed by atoms with Gasteiger partial charge in [0.25, 0.3) is 23.6 Å². The summed E-state index contributed by atoms with van der Waals surface area (Å²) >= 11 is 3.12. The Morgan fingerprint density at radius 3 is 1.24 bits per heavy atom. The minimum atomic E-state index is -2.38. The van der Waals surface area contributed by atoms with E-state index in [0.29, 0.717) is 36.6 Å². The number of nitrogens with zero attached hydrogens (tertiary/aromatic N) is 4. The van der Waals surface area contributed by atoms with Crippen LogP contribution < -0.4 is 0 Å². The summed E-state index contributed by atoms with van der Waals surface area (Å²) in [6.07, 6.45) is 0.468. The number of imide groups is 2. The predicted molar refractivity (Wildman–Crippen MR) is 380 cm³/mol. The number of aryl methyl sites for hydroxylation is 2. The minimum Gasteiger partial charge on any atom is -0.274 e. The molecule has 0 N–H and O–H groups in total. The average molecular weight is 1420 g/mol. The predicted octanol–water partition coefficient (Wildman–Crippen LogP) is 20.6. The van der Waals surface area contributed by atoms with Gasteiger partial charge in [0.15, 0.2) is 46.5 Å². The summed E-state index contributed by atoms with van der Waals surface area (Å²) in [4.78, 5) is 72.9. The van der Waals surface area contributed by atoms with Gasteiger partial charge in [0.2, 0.25) is 11.6 Å². The lowest BCUT2D eigenvalue weighted by molar-refractivity contribution is 0.0595. The maximum Gasteiger partial charge on any atom is 0.262 e. The van der Waals surface area contributed by atoms with Crippen molar-refractivity contribution < 1.29 is 63.1 Å². The number of fused-ring (bicyclic) bond motifs is 11. The van der Waals surface area contributed by atoms with E-state index in [-0.39, 0.29) is 54.8 Å². The third kappa shape index (κ3) is 9.52. The number of pyridine rings is 2. The van der Waals surface area contributed by atoms with Crippen LogP contribution in [0.25, 0.3) is 106 Å². The molecule has 4 amide bonds. The zero-order valence-electron chi connectivity index (χ0n) is 55.0. The molecule has 22 heteroatoms. The summed E-state index contributed by atoms with van der Waals surface area (Å²) in [7, 11) is -4.20. The third-order valence-corrected chi connectivity index (χ3v) is 33.1. The second kappa shape index (κ2) is 24.1. The lowest BCUT2D eigenvalue weighted by Gasteiger charge is -2.30. The molecule has 15 rings (SSSR count). The molecule has 13 aromatic rings. The SMILES string of the molecule is CC[Si](C#Cc1cc2c(ccc3cc(-c4cc5c6c(cnc7c8c(C)cc9c%10c(cnc(c4c67)c%108)C(=O)N(CCc4c(F)c(F)c(F)c(F)c4F)C9=O)C(=O)N(CCc4c(F)c(F)c(F)c(F)c4F)C5=O)sc32)c2c(C#C[Si](CC)(CC)CC)cc3c(ccc4cc(C)sc43)c12)(CC)CC. The van der Waals surface area contributed by atoms with E-state index in [1.165, 1.54) is 34.7 Å². The number of rotatable bonds is 13. The van der Waals surface area contributed by atoms with Crippen molar-refractivity contribution in [3.8, 4) is 33.4 Å². The number of amides is 4. The maximum atomic E-state index is 15.4. The molecule has 0 bridgehead atoms. The Labute approximate surface area is 574 Å². The van der Waals surface area contributed by atoms with Gasteiger partial charge in [0, 0.05) is 137 Å². The first-order valence-corrected chi connectivity index (χ1v) is 39.8. The van der Waals surface area contributed by atoms with Crippen LogP contribution in [0.3, 0.4) is 0 Å². The van der Waals surface area contributed by atoms with Crippen LogP contribution in [0.15, 0.2) is 73.1 Å². The van der Waals surface area contributed by atoms with Gasteiger partial charge in [-0.2, -0.15) is 0 Å². The topological polar surface area (TPSA) is 101 Å². The smallest absolute Gasteiger partial charge is 0.262 e. The first-order valence-electron chi connectivity index (χ1n) is 32.9. The molecule has 0 atom stereocenters. The number of halogens is 10. The first-order chi connectivity index (χ1) is 47.9. The Morgan fingerprint density at radius 2 is 0.790 bits per heavy atom. The molecule has 6 heterocycles. The fraction of sp³-hybridized carbons (Fsp3) is 0.231. The molecule has 2 aliphatic heterocycles. The summed E-state index contributed by atoms with van der Waals surface area (Å²) in [5.41, 5.74) is 7.62. The van der Waals surface area contributed by atoms with E-state index in [9.17, 15) is 40.7 Å². The van der Waals surface area contributed by atoms with E-state index in [1.807, 2.05) is 12.1 Å². The monoisotopic (exact) mass is 1420 g/mol. The molecule has 4 aromatic heterocycles. The molecule has 100 heavy (non-hydrogen) atoms. The highest BCUT2D eigenvalue weighted by molar-refractivity contribution is 7.23. The number of carbonyl (C=O) groups excluding carboxylic acids is 4. The highest BCUT2D eigenvalue weighted by atomic mass is 32.1. The van der Waals surface area contributed by atoms with Crippen molar-refractivity contribution in [1.82, 2.24) is 19.8 Å². The maximum absolute atomic E-state index is 15.4. The van der Waals surface area contributed by atoms with Gasteiger partial charge in [-0.15, -0.1) is 33.8 Å². The lowest BCUT2D eigenvalue weighted by atomic mass is 9.82. The standard InChI is InChI=1S/C78H56F10N4O4S2Si2/c1-9-99(10-2,11-3)25-21-37-29-45-41(17-15-39-28-36(8)97-73(39)45)54-38(22-26-100(12-4,13-5)14-6)30-46-42(55(37)54)18-16-40-31-52(98-74(40)46)47-32-49-57-51(78(96)92(76(49)94)24-20-44-63(81)67(85)70(88)68(86)64(44)82)33-89-71-53-35(7)27-48-56-50(34-90-72(59(53)56)58(47)60(57)71)77(95)91(75(48)93)23-19-43-61(79)65(83)69(87)66(84)62(43)80/h15-18,27-34H,9-14,19-20,23-24H2,1-8H3. The van der Waals surface area contributed by atoms with Crippen molar-refractivity contribution in [1.29, 1.82) is 0 Å². The molecule has 0 radical (unpaired) electrons. The van der Waals surface area contributed by atoms with Gasteiger partial charge in [0.05, 0.1) is 22.2 Å². The summed E-state index contributed by atoms with van der Waals surface area (Å²) < 4.78 is 149. The number of aromatic nitrogens is 2. The first kappa shape index (κ1) is 66.3. The Hall–Kier alpha value is -9.59. The molecule has 0 aliphatic carbocycles. The highest BCUT2D eigenvalue weighted by Crippen LogP contribution is 2.52. The Morgan fingerprint density at radius 1 is 0.400 bits per heavy atom. The molecule has 502 valence electrons. The molecule has 0 unspecified atom stereocenters. The van der Waals surface area contributed by atoms with Crippen LogP contribution in [-0.2, 0) is 12.8 Å². The number of hydrogen-bond acceptors (Lipinski definition) is 8. The van der Waals surface area contributed by atoms with E-state index >= 15 is 22.4 Å². The molecule has 9 aromatic carbocycles. The molecule has 2 aliphatic rings. The van der Waals surface area contributed by atoms with Crippen LogP contribution in [0.1, 0.15) is 116 Å². The summed E-state index contributed by atoms with van der Waals surface area (Å²) in [5, 5.41) is 9.01. The molecule has 0 saturated heterocycles. The molecular weight excluding hydrogens is 1370 g/mol. The quantitative estimate of drug-likeness (QED) is 0.0167. The van der Waals surface area contributed by atoms with Crippen LogP contribution in [0.4, 0.5) is 43.9 Å². The van der Waals surface area contributed by atoms with Crippen LogP contribution in [0.5, 0.6) is 0 Å². The Kier molecular flexibility index (Phi) is 16.0. The number of carbonyl (C=O) groups is 4. The number of benzene rings is 9. The third-order valence-electron chi connectivity index (χ3n) is 21.4. The van der Waals surface area contributed by atoms with Crippen molar-refractivity contribution >= 4 is 158 Å². The van der Waals surface area contributed by atoms with Gasteiger partial charge in [-0.05, 0) is 126 Å². The van der Waals surface area contributed by atoms with E-state index in [1.54, 1.807) is 24.3 Å². The lowest BCUT2D eigenvalue weighted by Crippen LogP contribution is -2.42. The van der Waals surface area contributed by atoms with Crippen LogP contribution >= 0.6 is 22.7 Å². The van der Waals surface area contributed by atoms with E-state index in [4.69, 9.17) is 9.97 Å². The highest BCUT2D eigenvalue weighted by Gasteiger charge is 2.41. The minimum absolute atomic E-state index is 0.0765. The Balaban J connectivity index is 1.01. The van der Waals surface area contributed by atoms with Crippen molar-refractivity contribution in [2.24, 2.45) is 0 Å². The molecule has 0 saturated carbocycles. The van der Waals surface area contributed by atoms with Gasteiger partial charge in [0.1, 0.15) is 16.1 Å². The number of hydrogen-bond donors (Lipinski definition) is 0. The van der Waals surface area contributed by atoms with Crippen molar-refractivity contribution in [3.05, 3.63) is 186 Å². The second-order valence-corrected chi connectivity index (χ2v) is 38.2. The van der Waals surface area contributed by atoms with Crippen molar-refractivity contribution in [3.63, 3.8) is 0 Å². The number of thiophene rings is 2. The molecule has 8 nitrogen and oxygen atoms in total. The van der Waals surface area contributed by atoms with Gasteiger partial charge < -0.3 is 0 Å². The molecule has 0 spiro atoms. The van der Waals surface area contributed by atoms with E-state index in [0.717, 1.165) is 99.9 Å². The van der Waals surface area contributed by atoms with Crippen LogP contribution in [0.2, 0.25) is 36.3 Å². The fourth-order valence-electron chi connectivity index (χ4n) is 15.3. The zero-order chi connectivity index (χ0) is 70.8. The van der Waals surface area contributed by atoms with Crippen LogP contribution in [-0.4, -0.2) is 72.6 Å². The normalized spacial score (nSPS) is 13.6. The molecule has 0 fully saturated rings. The largest absolute Gasteiger partial charge is 0.274 e. The Bertz CT molecular complexity index is 6000. The van der Waals surface area contributed by atoms with Crippen LogP contribution in [0, 0.1) is 94.9 Å². The summed E-state index contributed by atoms with van der Waals surface area (Å²) in [5.74, 6) is -18.3. The van der Waals surface area contributed by atoms with Gasteiger partial charge >= 0.3 is 0 Å². The van der Waals surface area contributed by atoms with Crippen molar-refractivity contribution in [2.45, 2.75) is 104 Å². The zero-order valence-corrected chi connectivity index (χ0v) is 58.7. The summed E-state index contributed by atoms with van der Waals surface area (Å²) in [6, 6.07) is 25.8. The van der Waals surface area contributed by atoms with Gasteiger partial charge in [-0.1, -0.05) is 77.6 Å². The van der Waals surface area contributed by atoms with Gasteiger partial charge in [-0.3, -0.25) is 38.9 Å². The second-order valence-electron chi connectivity index (χ2n) is 26.0. The van der Waals surface area contributed by atoms with Gasteiger partial charge in [-0.25, -0.2) is 43.9 Å². The van der Waals surface area contributed by atoms with E-state index in [2.05, 4.69) is 108 Å². The summed E-state index contributed by atoms with van der Waals surface area (Å²) in [6.45, 7) is 15.4. The van der Waals surface area contributed by atoms with E-state index < -0.39 is 135 Å².